The number of nitrogens with zero attached hydrogens (tertiary/aromatic N) is 2. The summed E-state index contributed by atoms with van der Waals surface area (Å²) in [6.45, 7) is 0. The molecule has 0 N–H and O–H groups in total. The molecule has 0 aromatic carbocycles. The van der Waals surface area contributed by atoms with Gasteiger partial charge in [0.25, 0.3) is 0 Å². The summed E-state index contributed by atoms with van der Waals surface area (Å²) in [7, 11) is 0. The Morgan fingerprint density at radius 3 is 3.00 bits per heavy atom. The molecule has 2 heterocycles. The normalized spacial score (nSPS) is 21.3. The first-order valence-electron chi connectivity index (χ1n) is 4.34. The molecule has 2 rings (SSSR count). The lowest BCUT2D eigenvalue weighted by molar-refractivity contribution is 0.751. The summed E-state index contributed by atoms with van der Waals surface area (Å²) in [5.41, 5.74) is 1.79. The fourth-order valence-corrected chi connectivity index (χ4v) is 2.72. The summed E-state index contributed by atoms with van der Waals surface area (Å²) in [6.07, 6.45) is 2.89. The van der Waals surface area contributed by atoms with Gasteiger partial charge in [0.2, 0.25) is 0 Å². The predicted octanol–water partition coefficient (Wildman–Crippen LogP) is 2.17. The molecule has 0 bridgehead atoms. The second-order valence-electron chi connectivity index (χ2n) is 3.14. The van der Waals surface area contributed by atoms with Crippen LogP contribution in [-0.4, -0.2) is 16.5 Å². The Kier molecular flexibility index (Phi) is 2.51. The minimum Gasteiger partial charge on any atom is -0.260 e. The van der Waals surface area contributed by atoms with Crippen molar-refractivity contribution in [2.45, 2.75) is 12.3 Å². The van der Waals surface area contributed by atoms with Crippen molar-refractivity contribution in [1.82, 2.24) is 4.98 Å². The van der Waals surface area contributed by atoms with E-state index in [1.165, 1.54) is 17.9 Å². The number of hydrogen-bond donors (Lipinski definition) is 0. The van der Waals surface area contributed by atoms with E-state index in [4.69, 9.17) is 5.26 Å². The second kappa shape index (κ2) is 3.80. The summed E-state index contributed by atoms with van der Waals surface area (Å²) >= 11 is 1.98. The molecule has 1 unspecified atom stereocenters. The van der Waals surface area contributed by atoms with Crippen LogP contribution >= 0.6 is 11.8 Å². The number of aromatic nitrogens is 1. The molecule has 66 valence electrons. The molecule has 0 saturated carbocycles. The summed E-state index contributed by atoms with van der Waals surface area (Å²) in [6, 6.07) is 5.91. The molecule has 0 radical (unpaired) electrons. The van der Waals surface area contributed by atoms with Gasteiger partial charge >= 0.3 is 0 Å². The molecule has 0 aliphatic carbocycles. The van der Waals surface area contributed by atoms with E-state index in [1.54, 1.807) is 6.20 Å². The lowest BCUT2D eigenvalue weighted by Gasteiger charge is -2.05. The maximum atomic E-state index is 8.60. The average Bonchev–Trinajstić information content (AvgIpc) is 2.71. The zero-order valence-corrected chi connectivity index (χ0v) is 8.05. The van der Waals surface area contributed by atoms with E-state index < -0.39 is 0 Å². The Bertz CT molecular complexity index is 320. The van der Waals surface area contributed by atoms with Crippen molar-refractivity contribution in [2.24, 2.45) is 0 Å². The lowest BCUT2D eigenvalue weighted by Crippen LogP contribution is -1.99. The van der Waals surface area contributed by atoms with Gasteiger partial charge in [-0.3, -0.25) is 4.98 Å². The molecule has 0 amide bonds. The molecule has 1 saturated heterocycles. The summed E-state index contributed by atoms with van der Waals surface area (Å²) < 4.78 is 0. The zero-order chi connectivity index (χ0) is 9.10. The highest BCUT2D eigenvalue weighted by Crippen LogP contribution is 2.30. The van der Waals surface area contributed by atoms with Crippen LogP contribution in [0.1, 0.15) is 23.6 Å². The van der Waals surface area contributed by atoms with Gasteiger partial charge in [0, 0.05) is 23.6 Å². The fourth-order valence-electron chi connectivity index (χ4n) is 1.48. The van der Waals surface area contributed by atoms with Crippen LogP contribution in [0.15, 0.2) is 18.3 Å². The van der Waals surface area contributed by atoms with Gasteiger partial charge in [-0.15, -0.1) is 0 Å². The first-order valence-corrected chi connectivity index (χ1v) is 5.49. The standard InChI is InChI=1S/C10H10N2S/c11-5-8-1-2-10(12-6-8)9-3-4-13-7-9/h1-2,6,9H,3-4,7H2. The topological polar surface area (TPSA) is 36.7 Å². The molecule has 0 spiro atoms. The Morgan fingerprint density at radius 2 is 2.46 bits per heavy atom. The van der Waals surface area contributed by atoms with Gasteiger partial charge in [-0.25, -0.2) is 0 Å². The molecule has 1 fully saturated rings. The van der Waals surface area contributed by atoms with Crippen LogP contribution < -0.4 is 0 Å². The van der Waals surface area contributed by atoms with Crippen LogP contribution in [0.4, 0.5) is 0 Å². The first kappa shape index (κ1) is 8.58. The number of nitriles is 1. The quantitative estimate of drug-likeness (QED) is 0.681. The molecule has 1 aromatic heterocycles. The number of hydrogen-bond acceptors (Lipinski definition) is 3. The monoisotopic (exact) mass is 190 g/mol. The van der Waals surface area contributed by atoms with Crippen LogP contribution in [0.25, 0.3) is 0 Å². The summed E-state index contributed by atoms with van der Waals surface area (Å²) in [5.74, 6) is 3.03. The van der Waals surface area contributed by atoms with Crippen molar-refractivity contribution < 1.29 is 0 Å². The minimum absolute atomic E-state index is 0.609. The van der Waals surface area contributed by atoms with E-state index in [0.717, 1.165) is 5.69 Å². The number of pyridine rings is 1. The third-order valence-corrected chi connectivity index (χ3v) is 3.43. The van der Waals surface area contributed by atoms with Gasteiger partial charge in [0.05, 0.1) is 5.56 Å². The van der Waals surface area contributed by atoms with Crippen molar-refractivity contribution in [2.75, 3.05) is 11.5 Å². The smallest absolute Gasteiger partial charge is 0.101 e. The molecule has 1 aliphatic rings. The fraction of sp³-hybridized carbons (Fsp3) is 0.400. The van der Waals surface area contributed by atoms with Crippen LogP contribution in [0.5, 0.6) is 0 Å². The van der Waals surface area contributed by atoms with Gasteiger partial charge in [0.1, 0.15) is 6.07 Å². The largest absolute Gasteiger partial charge is 0.260 e. The van der Waals surface area contributed by atoms with E-state index >= 15 is 0 Å². The Hall–Kier alpha value is -1.01. The Labute approximate surface area is 82.0 Å². The number of rotatable bonds is 1. The van der Waals surface area contributed by atoms with Crippen molar-refractivity contribution in [3.63, 3.8) is 0 Å². The van der Waals surface area contributed by atoms with Crippen molar-refractivity contribution in [3.05, 3.63) is 29.6 Å². The van der Waals surface area contributed by atoms with Crippen molar-refractivity contribution in [3.8, 4) is 6.07 Å². The third-order valence-electron chi connectivity index (χ3n) is 2.26. The highest BCUT2D eigenvalue weighted by molar-refractivity contribution is 7.99. The molecule has 13 heavy (non-hydrogen) atoms. The van der Waals surface area contributed by atoms with Crippen LogP contribution in [-0.2, 0) is 0 Å². The molecule has 3 heteroatoms. The molecule has 2 nitrogen and oxygen atoms in total. The van der Waals surface area contributed by atoms with E-state index in [1.807, 2.05) is 23.9 Å². The van der Waals surface area contributed by atoms with Gasteiger partial charge in [0.15, 0.2) is 0 Å². The highest BCUT2D eigenvalue weighted by atomic mass is 32.2. The first-order chi connectivity index (χ1) is 6.40. The molecule has 1 atom stereocenters. The van der Waals surface area contributed by atoms with Crippen molar-refractivity contribution in [1.29, 1.82) is 5.26 Å². The van der Waals surface area contributed by atoms with Crippen LogP contribution in [0.3, 0.4) is 0 Å². The van der Waals surface area contributed by atoms with Crippen LogP contribution in [0, 0.1) is 11.3 Å². The third kappa shape index (κ3) is 1.84. The Balaban J connectivity index is 2.18. The molecular weight excluding hydrogens is 180 g/mol. The maximum Gasteiger partial charge on any atom is 0.101 e. The van der Waals surface area contributed by atoms with Crippen molar-refractivity contribution >= 4 is 11.8 Å². The van der Waals surface area contributed by atoms with Gasteiger partial charge in [-0.1, -0.05) is 0 Å². The summed E-state index contributed by atoms with van der Waals surface area (Å²) in [4.78, 5) is 4.30. The van der Waals surface area contributed by atoms with E-state index in [2.05, 4.69) is 11.1 Å². The zero-order valence-electron chi connectivity index (χ0n) is 7.23. The molecular formula is C10H10N2S. The van der Waals surface area contributed by atoms with E-state index in [0.29, 0.717) is 11.5 Å². The second-order valence-corrected chi connectivity index (χ2v) is 4.29. The minimum atomic E-state index is 0.609. The van der Waals surface area contributed by atoms with Gasteiger partial charge in [-0.2, -0.15) is 17.0 Å². The Morgan fingerprint density at radius 1 is 1.54 bits per heavy atom. The van der Waals surface area contributed by atoms with E-state index in [-0.39, 0.29) is 0 Å². The van der Waals surface area contributed by atoms with E-state index in [9.17, 15) is 0 Å². The molecule has 1 aliphatic heterocycles. The molecule has 1 aromatic rings. The van der Waals surface area contributed by atoms with Crippen LogP contribution in [0.2, 0.25) is 0 Å². The predicted molar refractivity (Wildman–Crippen MR) is 53.6 cm³/mol. The average molecular weight is 190 g/mol. The summed E-state index contributed by atoms with van der Waals surface area (Å²) in [5, 5.41) is 8.60. The lowest BCUT2D eigenvalue weighted by atomic mass is 10.0. The highest BCUT2D eigenvalue weighted by Gasteiger charge is 2.18. The SMILES string of the molecule is N#Cc1ccc(C2CCSC2)nc1. The maximum absolute atomic E-state index is 8.60. The van der Waals surface area contributed by atoms with Gasteiger partial charge in [-0.05, 0) is 24.3 Å². The number of thioether (sulfide) groups is 1. The van der Waals surface area contributed by atoms with Gasteiger partial charge < -0.3 is 0 Å².